The Morgan fingerprint density at radius 2 is 1.88 bits per heavy atom. The van der Waals surface area contributed by atoms with E-state index in [4.69, 9.17) is 4.74 Å². The van der Waals surface area contributed by atoms with Gasteiger partial charge in [-0.1, -0.05) is 18.2 Å². The highest BCUT2D eigenvalue weighted by Gasteiger charge is 2.31. The Balaban J connectivity index is 2.48. The Morgan fingerprint density at radius 3 is 2.44 bits per heavy atom. The molecule has 0 fully saturated rings. The lowest BCUT2D eigenvalue weighted by Gasteiger charge is -2.31. The highest BCUT2D eigenvalue weighted by Crippen LogP contribution is 2.28. The highest BCUT2D eigenvalue weighted by molar-refractivity contribution is 7.92. The number of methoxy groups -OCH3 is 1. The SMILES string of the molecule is CNC(=O)[C@H](C)N(Cc1cccc(OC)c1)C(=O)CN(c1cc([N+](=O)[O-])ccc1C)S(C)(=O)=O. The minimum Gasteiger partial charge on any atom is -0.497 e. The lowest BCUT2D eigenvalue weighted by atomic mass is 10.1. The molecule has 2 amide bonds. The predicted octanol–water partition coefficient (Wildman–Crippen LogP) is 1.84. The van der Waals surface area contributed by atoms with Crippen LogP contribution in [0.2, 0.25) is 0 Å². The maximum Gasteiger partial charge on any atom is 0.271 e. The molecular weight excluding hydrogens is 464 g/mol. The molecule has 0 radical (unpaired) electrons. The van der Waals surface area contributed by atoms with Crippen molar-refractivity contribution in [2.45, 2.75) is 26.4 Å². The number of anilines is 1. The summed E-state index contributed by atoms with van der Waals surface area (Å²) in [4.78, 5) is 37.6. The molecule has 0 aliphatic rings. The van der Waals surface area contributed by atoms with Crippen molar-refractivity contribution in [2.75, 3.05) is 31.3 Å². The Morgan fingerprint density at radius 1 is 1.21 bits per heavy atom. The van der Waals surface area contributed by atoms with Crippen molar-refractivity contribution in [3.8, 4) is 5.75 Å². The van der Waals surface area contributed by atoms with Gasteiger partial charge in [0.2, 0.25) is 21.8 Å². The van der Waals surface area contributed by atoms with Crippen LogP contribution in [0, 0.1) is 17.0 Å². The monoisotopic (exact) mass is 492 g/mol. The number of ether oxygens (including phenoxy) is 1. The van der Waals surface area contributed by atoms with Crippen LogP contribution in [-0.4, -0.2) is 63.1 Å². The first-order valence-corrected chi connectivity index (χ1v) is 12.1. The third-order valence-electron chi connectivity index (χ3n) is 5.25. The standard InChI is InChI=1S/C22H28N4O7S/c1-15-9-10-18(26(29)30)12-20(15)25(34(5,31)32)14-21(27)24(16(2)22(28)23-3)13-17-7-6-8-19(11-17)33-4/h6-12,16H,13-14H2,1-5H3,(H,23,28)/t16-/m0/s1. The van der Waals surface area contributed by atoms with Crippen molar-refractivity contribution in [1.29, 1.82) is 0 Å². The molecule has 1 atom stereocenters. The number of nitrogens with one attached hydrogen (secondary N) is 1. The van der Waals surface area contributed by atoms with Gasteiger partial charge in [0.15, 0.2) is 0 Å². The Bertz CT molecular complexity index is 1180. The van der Waals surface area contributed by atoms with Crippen LogP contribution in [0.5, 0.6) is 5.75 Å². The molecule has 0 bridgehead atoms. The van der Waals surface area contributed by atoms with E-state index in [2.05, 4.69) is 5.32 Å². The normalized spacial score (nSPS) is 11.9. The third kappa shape index (κ3) is 6.44. The number of sulfonamides is 1. The second kappa shape index (κ2) is 11.0. The fourth-order valence-electron chi connectivity index (χ4n) is 3.33. The highest BCUT2D eigenvalue weighted by atomic mass is 32.2. The third-order valence-corrected chi connectivity index (χ3v) is 6.38. The topological polar surface area (TPSA) is 139 Å². The second-order valence-corrected chi connectivity index (χ2v) is 9.57. The molecule has 0 aromatic heterocycles. The number of hydrogen-bond acceptors (Lipinski definition) is 7. The van der Waals surface area contributed by atoms with Gasteiger partial charge in [-0.3, -0.25) is 24.0 Å². The number of nitro benzene ring substituents is 1. The molecule has 2 rings (SSSR count). The van der Waals surface area contributed by atoms with Gasteiger partial charge in [0.25, 0.3) is 5.69 Å². The molecule has 0 heterocycles. The van der Waals surface area contributed by atoms with E-state index in [-0.39, 0.29) is 17.9 Å². The first kappa shape index (κ1) is 26.6. The van der Waals surface area contributed by atoms with Gasteiger partial charge in [-0.15, -0.1) is 0 Å². The van der Waals surface area contributed by atoms with Crippen LogP contribution in [-0.2, 0) is 26.2 Å². The molecular formula is C22H28N4O7S. The minimum absolute atomic E-state index is 0.0101. The number of nitro groups is 1. The quantitative estimate of drug-likeness (QED) is 0.394. The molecule has 184 valence electrons. The summed E-state index contributed by atoms with van der Waals surface area (Å²) in [5.41, 5.74) is 0.802. The van der Waals surface area contributed by atoms with Crippen LogP contribution in [0.25, 0.3) is 0 Å². The van der Waals surface area contributed by atoms with E-state index < -0.39 is 39.3 Å². The molecule has 12 heteroatoms. The van der Waals surface area contributed by atoms with Crippen molar-refractivity contribution in [1.82, 2.24) is 10.2 Å². The number of carbonyl (C=O) groups excluding carboxylic acids is 2. The summed E-state index contributed by atoms with van der Waals surface area (Å²) < 4.78 is 31.3. The molecule has 0 spiro atoms. The molecule has 0 saturated heterocycles. The Hall–Kier alpha value is -3.67. The van der Waals surface area contributed by atoms with Crippen molar-refractivity contribution in [2.24, 2.45) is 0 Å². The second-order valence-electron chi connectivity index (χ2n) is 7.66. The molecule has 11 nitrogen and oxygen atoms in total. The van der Waals surface area contributed by atoms with Gasteiger partial charge in [-0.2, -0.15) is 0 Å². The molecule has 2 aromatic rings. The maximum absolute atomic E-state index is 13.4. The van der Waals surface area contributed by atoms with Crippen molar-refractivity contribution in [3.63, 3.8) is 0 Å². The van der Waals surface area contributed by atoms with E-state index in [1.807, 2.05) is 0 Å². The molecule has 34 heavy (non-hydrogen) atoms. The summed E-state index contributed by atoms with van der Waals surface area (Å²) in [5.74, 6) is -0.536. The van der Waals surface area contributed by atoms with Crippen LogP contribution in [0.4, 0.5) is 11.4 Å². The molecule has 0 saturated carbocycles. The molecule has 2 aromatic carbocycles. The summed E-state index contributed by atoms with van der Waals surface area (Å²) in [6.07, 6.45) is 0.910. The van der Waals surface area contributed by atoms with Crippen molar-refractivity contribution < 1.29 is 27.7 Å². The predicted molar refractivity (Wildman–Crippen MR) is 127 cm³/mol. The summed E-state index contributed by atoms with van der Waals surface area (Å²) in [6, 6.07) is 9.77. The fraction of sp³-hybridized carbons (Fsp3) is 0.364. The number of aryl methyl sites for hydroxylation is 1. The smallest absolute Gasteiger partial charge is 0.271 e. The summed E-state index contributed by atoms with van der Waals surface area (Å²) in [6.45, 7) is 2.48. The molecule has 0 unspecified atom stereocenters. The number of nitrogens with zero attached hydrogens (tertiary/aromatic N) is 3. The number of hydrogen-bond donors (Lipinski definition) is 1. The number of amides is 2. The number of non-ortho nitro benzene ring substituents is 1. The first-order valence-electron chi connectivity index (χ1n) is 10.3. The summed E-state index contributed by atoms with van der Waals surface area (Å²) >= 11 is 0. The lowest BCUT2D eigenvalue weighted by molar-refractivity contribution is -0.384. The molecule has 0 aliphatic heterocycles. The van der Waals surface area contributed by atoms with E-state index in [9.17, 15) is 28.1 Å². The number of likely N-dealkylation sites (N-methyl/N-ethyl adjacent to an activating group) is 1. The van der Waals surface area contributed by atoms with Gasteiger partial charge < -0.3 is 15.0 Å². The van der Waals surface area contributed by atoms with E-state index >= 15 is 0 Å². The van der Waals surface area contributed by atoms with E-state index in [1.54, 1.807) is 31.2 Å². The number of benzene rings is 2. The summed E-state index contributed by atoms with van der Waals surface area (Å²) in [5, 5.41) is 13.7. The van der Waals surface area contributed by atoms with Gasteiger partial charge in [0, 0.05) is 25.7 Å². The van der Waals surface area contributed by atoms with Crippen LogP contribution in [0.1, 0.15) is 18.1 Å². The zero-order valence-corrected chi connectivity index (χ0v) is 20.5. The first-order chi connectivity index (χ1) is 15.9. The fourth-order valence-corrected chi connectivity index (χ4v) is 4.23. The molecule has 1 N–H and O–H groups in total. The van der Waals surface area contributed by atoms with E-state index in [1.165, 1.54) is 38.1 Å². The molecule has 0 aliphatic carbocycles. The van der Waals surface area contributed by atoms with Gasteiger partial charge >= 0.3 is 0 Å². The van der Waals surface area contributed by atoms with Crippen LogP contribution in [0.15, 0.2) is 42.5 Å². The average molecular weight is 493 g/mol. The van der Waals surface area contributed by atoms with E-state index in [0.29, 0.717) is 16.9 Å². The van der Waals surface area contributed by atoms with Crippen molar-refractivity contribution >= 4 is 33.2 Å². The summed E-state index contributed by atoms with van der Waals surface area (Å²) in [7, 11) is -1.07. The largest absolute Gasteiger partial charge is 0.497 e. The van der Waals surface area contributed by atoms with Gasteiger partial charge in [-0.05, 0) is 37.1 Å². The number of rotatable bonds is 10. The minimum atomic E-state index is -4.00. The van der Waals surface area contributed by atoms with Gasteiger partial charge in [0.1, 0.15) is 18.3 Å². The van der Waals surface area contributed by atoms with E-state index in [0.717, 1.165) is 16.6 Å². The van der Waals surface area contributed by atoms with Crippen LogP contribution < -0.4 is 14.4 Å². The maximum atomic E-state index is 13.4. The Labute approximate surface area is 198 Å². The number of carbonyl (C=O) groups is 2. The Kier molecular flexibility index (Phi) is 8.57. The lowest BCUT2D eigenvalue weighted by Crippen LogP contribution is -2.50. The zero-order valence-electron chi connectivity index (χ0n) is 19.6. The van der Waals surface area contributed by atoms with Gasteiger partial charge in [0.05, 0.1) is 24.0 Å². The zero-order chi connectivity index (χ0) is 25.6. The van der Waals surface area contributed by atoms with Crippen molar-refractivity contribution in [3.05, 3.63) is 63.7 Å². The average Bonchev–Trinajstić information content (AvgIpc) is 2.79. The van der Waals surface area contributed by atoms with Gasteiger partial charge in [-0.25, -0.2) is 8.42 Å². The van der Waals surface area contributed by atoms with Crippen LogP contribution >= 0.6 is 0 Å². The van der Waals surface area contributed by atoms with Crippen LogP contribution in [0.3, 0.4) is 0 Å².